The van der Waals surface area contributed by atoms with Gasteiger partial charge in [-0.05, 0) is 31.2 Å². The monoisotopic (exact) mass is 435 g/mol. The molecule has 32 heavy (non-hydrogen) atoms. The molecule has 3 aromatic rings. The highest BCUT2D eigenvalue weighted by Crippen LogP contribution is 2.32. The first-order chi connectivity index (χ1) is 15.4. The number of amides is 1. The molecule has 1 saturated heterocycles. The summed E-state index contributed by atoms with van der Waals surface area (Å²) < 4.78 is 11.6. The highest BCUT2D eigenvalue weighted by Gasteiger charge is 2.20. The Bertz CT molecular complexity index is 1100. The zero-order valence-electron chi connectivity index (χ0n) is 18.3. The number of rotatable bonds is 5. The predicted octanol–water partition coefficient (Wildman–Crippen LogP) is 2.15. The summed E-state index contributed by atoms with van der Waals surface area (Å²) in [7, 11) is 3.43. The Labute approximate surface area is 186 Å². The highest BCUT2D eigenvalue weighted by molar-refractivity contribution is 5.93. The number of anilines is 2. The van der Waals surface area contributed by atoms with Crippen molar-refractivity contribution in [2.24, 2.45) is 0 Å². The number of hydrogen-bond acceptors (Lipinski definition) is 9. The quantitative estimate of drug-likeness (QED) is 0.643. The van der Waals surface area contributed by atoms with Crippen LogP contribution in [-0.4, -0.2) is 71.1 Å². The predicted molar refractivity (Wildman–Crippen MR) is 120 cm³/mol. The number of hydrogen-bond donors (Lipinski definition) is 1. The summed E-state index contributed by atoms with van der Waals surface area (Å²) in [6.07, 6.45) is 3.26. The van der Waals surface area contributed by atoms with Crippen LogP contribution in [0.3, 0.4) is 0 Å². The fourth-order valence-electron chi connectivity index (χ4n) is 3.27. The van der Waals surface area contributed by atoms with Gasteiger partial charge in [0.2, 0.25) is 17.8 Å². The zero-order valence-corrected chi connectivity index (χ0v) is 18.3. The van der Waals surface area contributed by atoms with E-state index in [0.29, 0.717) is 60.7 Å². The molecule has 3 heterocycles. The molecule has 2 N–H and O–H groups in total. The maximum Gasteiger partial charge on any atom is 0.253 e. The molecule has 0 spiro atoms. The van der Waals surface area contributed by atoms with Gasteiger partial charge in [-0.15, -0.1) is 0 Å². The normalized spacial score (nSPS) is 13.7. The number of benzene rings is 1. The lowest BCUT2D eigenvalue weighted by molar-refractivity contribution is 0.0827. The molecule has 2 aromatic heterocycles. The third kappa shape index (κ3) is 4.59. The maximum atomic E-state index is 12.1. The second-order valence-corrected chi connectivity index (χ2v) is 7.56. The number of ether oxygens (including phenoxy) is 2. The summed E-state index contributed by atoms with van der Waals surface area (Å²) in [5, 5.41) is 0. The molecule has 1 aromatic carbocycles. The second-order valence-electron chi connectivity index (χ2n) is 7.56. The molecular formula is C22H25N7O3. The SMILES string of the molecule is Cc1c(Oc2ccc(C(=O)N(C)C)cc2)nc(N2CCOCC2)nc1-c1cnc(N)nc1. The minimum atomic E-state index is -0.0741. The molecule has 1 aliphatic rings. The van der Waals surface area contributed by atoms with Gasteiger partial charge in [0.1, 0.15) is 5.75 Å². The first-order valence-corrected chi connectivity index (χ1v) is 10.2. The molecule has 0 radical (unpaired) electrons. The fraction of sp³-hybridized carbons (Fsp3) is 0.318. The van der Waals surface area contributed by atoms with E-state index in [4.69, 9.17) is 20.2 Å². The second kappa shape index (κ2) is 9.15. The van der Waals surface area contributed by atoms with Crippen LogP contribution in [0.15, 0.2) is 36.7 Å². The Balaban J connectivity index is 1.70. The van der Waals surface area contributed by atoms with Crippen molar-refractivity contribution in [1.29, 1.82) is 0 Å². The van der Waals surface area contributed by atoms with Crippen molar-refractivity contribution in [3.8, 4) is 22.9 Å². The van der Waals surface area contributed by atoms with E-state index in [-0.39, 0.29) is 11.9 Å². The van der Waals surface area contributed by atoms with E-state index in [9.17, 15) is 4.79 Å². The van der Waals surface area contributed by atoms with Gasteiger partial charge < -0.3 is 25.0 Å². The van der Waals surface area contributed by atoms with Crippen LogP contribution in [0.2, 0.25) is 0 Å². The first kappa shape index (κ1) is 21.4. The lowest BCUT2D eigenvalue weighted by Crippen LogP contribution is -2.37. The summed E-state index contributed by atoms with van der Waals surface area (Å²) in [6.45, 7) is 4.46. The van der Waals surface area contributed by atoms with Crippen molar-refractivity contribution >= 4 is 17.8 Å². The van der Waals surface area contributed by atoms with Gasteiger partial charge in [-0.25, -0.2) is 15.0 Å². The van der Waals surface area contributed by atoms with Gasteiger partial charge in [-0.2, -0.15) is 4.98 Å². The molecular weight excluding hydrogens is 410 g/mol. The first-order valence-electron chi connectivity index (χ1n) is 10.2. The van der Waals surface area contributed by atoms with Crippen LogP contribution in [0.4, 0.5) is 11.9 Å². The van der Waals surface area contributed by atoms with Gasteiger partial charge in [-0.3, -0.25) is 4.79 Å². The number of carbonyl (C=O) groups is 1. The van der Waals surface area contributed by atoms with Crippen molar-refractivity contribution in [3.05, 3.63) is 47.8 Å². The van der Waals surface area contributed by atoms with Crippen LogP contribution in [0.5, 0.6) is 11.6 Å². The Kier molecular flexibility index (Phi) is 6.13. The van der Waals surface area contributed by atoms with Crippen LogP contribution >= 0.6 is 0 Å². The molecule has 1 amide bonds. The third-order valence-corrected chi connectivity index (χ3v) is 5.05. The lowest BCUT2D eigenvalue weighted by Gasteiger charge is -2.27. The average molecular weight is 435 g/mol. The third-order valence-electron chi connectivity index (χ3n) is 5.05. The number of aromatic nitrogens is 4. The van der Waals surface area contributed by atoms with E-state index in [1.54, 1.807) is 50.8 Å². The summed E-state index contributed by atoms with van der Waals surface area (Å²) in [6, 6.07) is 6.95. The lowest BCUT2D eigenvalue weighted by atomic mass is 10.1. The van der Waals surface area contributed by atoms with Crippen LogP contribution in [0.25, 0.3) is 11.3 Å². The largest absolute Gasteiger partial charge is 0.439 e. The van der Waals surface area contributed by atoms with E-state index >= 15 is 0 Å². The van der Waals surface area contributed by atoms with Crippen molar-refractivity contribution in [3.63, 3.8) is 0 Å². The standard InChI is InChI=1S/C22H25N7O3/c1-14-18(16-12-24-21(23)25-13-16)26-22(29-8-10-31-11-9-29)27-19(14)32-17-6-4-15(5-7-17)20(30)28(2)3/h4-7,12-13H,8-11H2,1-3H3,(H2,23,24,25). The molecule has 0 atom stereocenters. The van der Waals surface area contributed by atoms with E-state index in [1.165, 1.54) is 4.90 Å². The molecule has 0 bridgehead atoms. The molecule has 0 saturated carbocycles. The van der Waals surface area contributed by atoms with Gasteiger partial charge in [0.05, 0.1) is 18.9 Å². The summed E-state index contributed by atoms with van der Waals surface area (Å²) in [4.78, 5) is 33.3. The molecule has 1 aliphatic heterocycles. The summed E-state index contributed by atoms with van der Waals surface area (Å²) in [5.41, 5.74) is 8.34. The Morgan fingerprint density at radius 2 is 1.75 bits per heavy atom. The van der Waals surface area contributed by atoms with E-state index in [2.05, 4.69) is 19.9 Å². The molecule has 166 valence electrons. The topological polar surface area (TPSA) is 120 Å². The molecule has 4 rings (SSSR count). The minimum Gasteiger partial charge on any atom is -0.439 e. The molecule has 10 heteroatoms. The van der Waals surface area contributed by atoms with Crippen molar-refractivity contribution < 1.29 is 14.3 Å². The Morgan fingerprint density at radius 3 is 2.38 bits per heavy atom. The van der Waals surface area contributed by atoms with Gasteiger partial charge in [0.15, 0.2) is 0 Å². The van der Waals surface area contributed by atoms with E-state index < -0.39 is 0 Å². The summed E-state index contributed by atoms with van der Waals surface area (Å²) >= 11 is 0. The number of nitrogens with zero attached hydrogens (tertiary/aromatic N) is 6. The molecule has 1 fully saturated rings. The van der Waals surface area contributed by atoms with Gasteiger partial charge >= 0.3 is 0 Å². The Hall–Kier alpha value is -3.79. The Morgan fingerprint density at radius 1 is 1.09 bits per heavy atom. The number of nitrogens with two attached hydrogens (primary N) is 1. The summed E-state index contributed by atoms with van der Waals surface area (Å²) in [5.74, 6) is 1.64. The van der Waals surface area contributed by atoms with Crippen LogP contribution < -0.4 is 15.4 Å². The minimum absolute atomic E-state index is 0.0741. The van der Waals surface area contributed by atoms with Crippen molar-refractivity contribution in [2.75, 3.05) is 51.0 Å². The van der Waals surface area contributed by atoms with Crippen molar-refractivity contribution in [1.82, 2.24) is 24.8 Å². The average Bonchev–Trinajstić information content (AvgIpc) is 2.81. The van der Waals surface area contributed by atoms with Gasteiger partial charge in [0, 0.05) is 56.3 Å². The number of nitrogen functional groups attached to an aromatic ring is 1. The van der Waals surface area contributed by atoms with Crippen LogP contribution in [-0.2, 0) is 4.74 Å². The van der Waals surface area contributed by atoms with Gasteiger partial charge in [-0.1, -0.05) is 0 Å². The number of morpholine rings is 1. The molecule has 0 unspecified atom stereocenters. The fourth-order valence-corrected chi connectivity index (χ4v) is 3.27. The number of carbonyl (C=O) groups excluding carboxylic acids is 1. The highest BCUT2D eigenvalue weighted by atomic mass is 16.5. The van der Waals surface area contributed by atoms with Crippen LogP contribution in [0.1, 0.15) is 15.9 Å². The molecule has 10 nitrogen and oxygen atoms in total. The van der Waals surface area contributed by atoms with Crippen LogP contribution in [0, 0.1) is 6.92 Å². The maximum absolute atomic E-state index is 12.1. The smallest absolute Gasteiger partial charge is 0.253 e. The van der Waals surface area contributed by atoms with E-state index in [0.717, 1.165) is 5.56 Å². The van der Waals surface area contributed by atoms with Crippen molar-refractivity contribution in [2.45, 2.75) is 6.92 Å². The zero-order chi connectivity index (χ0) is 22.7. The van der Waals surface area contributed by atoms with Gasteiger partial charge in [0.25, 0.3) is 5.91 Å². The molecule has 0 aliphatic carbocycles. The van der Waals surface area contributed by atoms with E-state index in [1.807, 2.05) is 6.92 Å².